The van der Waals surface area contributed by atoms with Crippen LogP contribution in [0.1, 0.15) is 30.3 Å². The van der Waals surface area contributed by atoms with Crippen LogP contribution < -0.4 is 0 Å². The molecule has 5 nitrogen and oxygen atoms in total. The molecule has 1 aliphatic heterocycles. The fourth-order valence-electron chi connectivity index (χ4n) is 3.14. The summed E-state index contributed by atoms with van der Waals surface area (Å²) in [5, 5.41) is 10.2. The zero-order valence-electron chi connectivity index (χ0n) is 13.4. The molecule has 2 amide bonds. The summed E-state index contributed by atoms with van der Waals surface area (Å²) in [6.45, 7) is 1.89. The van der Waals surface area contributed by atoms with Gasteiger partial charge in [0.2, 0.25) is 5.91 Å². The summed E-state index contributed by atoms with van der Waals surface area (Å²) in [5.74, 6) is -0.503. The first-order valence-corrected chi connectivity index (χ1v) is 8.47. The first-order chi connectivity index (χ1) is 11.9. The molecule has 1 unspecified atom stereocenters. The highest BCUT2D eigenvalue weighted by molar-refractivity contribution is 6.36. The molecule has 0 radical (unpaired) electrons. The van der Waals surface area contributed by atoms with Gasteiger partial charge in [-0.25, -0.2) is 9.69 Å². The maximum atomic E-state index is 12.4. The number of benzene rings is 2. The van der Waals surface area contributed by atoms with E-state index in [1.807, 2.05) is 37.3 Å². The Labute approximate surface area is 155 Å². The molecule has 0 spiro atoms. The Hall–Kier alpha value is -2.08. The first kappa shape index (κ1) is 17.7. The number of carbonyl (C=O) groups is 2. The largest absolute Gasteiger partial charge is 0.465 e. The summed E-state index contributed by atoms with van der Waals surface area (Å²) in [5.41, 5.74) is 1.39. The van der Waals surface area contributed by atoms with Crippen molar-refractivity contribution < 1.29 is 14.7 Å². The lowest BCUT2D eigenvalue weighted by Gasteiger charge is -2.33. The molecule has 0 bridgehead atoms. The van der Waals surface area contributed by atoms with E-state index in [1.54, 1.807) is 23.1 Å². The molecule has 2 atom stereocenters. The van der Waals surface area contributed by atoms with Crippen molar-refractivity contribution in [2.75, 3.05) is 6.54 Å². The third-order valence-corrected chi connectivity index (χ3v) is 5.05. The van der Waals surface area contributed by atoms with Gasteiger partial charge in [0.05, 0.1) is 6.54 Å². The van der Waals surface area contributed by atoms with Crippen molar-refractivity contribution in [3.63, 3.8) is 0 Å². The van der Waals surface area contributed by atoms with Crippen molar-refractivity contribution in [1.82, 2.24) is 9.80 Å². The van der Waals surface area contributed by atoms with Gasteiger partial charge in [0.15, 0.2) is 0 Å². The third kappa shape index (κ3) is 3.23. The van der Waals surface area contributed by atoms with E-state index in [0.29, 0.717) is 15.6 Å². The van der Waals surface area contributed by atoms with Gasteiger partial charge in [-0.15, -0.1) is 0 Å². The van der Waals surface area contributed by atoms with E-state index in [9.17, 15) is 14.7 Å². The molecular weight excluding hydrogens is 363 g/mol. The van der Waals surface area contributed by atoms with Crippen LogP contribution in [0.5, 0.6) is 0 Å². The zero-order valence-corrected chi connectivity index (χ0v) is 14.9. The van der Waals surface area contributed by atoms with Crippen LogP contribution in [-0.2, 0) is 4.79 Å². The topological polar surface area (TPSA) is 60.9 Å². The van der Waals surface area contributed by atoms with Crippen LogP contribution in [0.25, 0.3) is 0 Å². The van der Waals surface area contributed by atoms with Gasteiger partial charge in [-0.3, -0.25) is 9.69 Å². The van der Waals surface area contributed by atoms with E-state index in [-0.39, 0.29) is 12.6 Å². The van der Waals surface area contributed by atoms with Crippen LogP contribution in [0.4, 0.5) is 4.79 Å². The van der Waals surface area contributed by atoms with E-state index in [0.717, 1.165) is 10.5 Å². The minimum atomic E-state index is -1.33. The Morgan fingerprint density at radius 3 is 2.28 bits per heavy atom. The molecule has 25 heavy (non-hydrogen) atoms. The number of nitrogens with zero attached hydrogens (tertiary/aromatic N) is 2. The minimum Gasteiger partial charge on any atom is -0.465 e. The lowest BCUT2D eigenvalue weighted by atomic mass is 10.0. The van der Waals surface area contributed by atoms with Gasteiger partial charge in [-0.1, -0.05) is 59.6 Å². The Kier molecular flexibility index (Phi) is 4.99. The predicted molar refractivity (Wildman–Crippen MR) is 95.6 cm³/mol. The molecule has 1 N–H and O–H groups in total. The molecule has 0 aliphatic carbocycles. The van der Waals surface area contributed by atoms with Crippen molar-refractivity contribution in [3.05, 3.63) is 69.7 Å². The number of carboxylic acid groups (broad SMARTS) is 1. The van der Waals surface area contributed by atoms with Crippen molar-refractivity contribution in [1.29, 1.82) is 0 Å². The second kappa shape index (κ2) is 7.04. The van der Waals surface area contributed by atoms with Crippen LogP contribution in [0.3, 0.4) is 0 Å². The van der Waals surface area contributed by atoms with Gasteiger partial charge in [-0.2, -0.15) is 0 Å². The number of amides is 2. The van der Waals surface area contributed by atoms with Crippen LogP contribution in [0.15, 0.2) is 48.5 Å². The van der Waals surface area contributed by atoms with E-state index in [2.05, 4.69) is 0 Å². The Morgan fingerprint density at radius 2 is 1.72 bits per heavy atom. The van der Waals surface area contributed by atoms with Gasteiger partial charge in [0, 0.05) is 21.7 Å². The average molecular weight is 379 g/mol. The van der Waals surface area contributed by atoms with Crippen LogP contribution in [-0.4, -0.2) is 33.5 Å². The standard InChI is InChI=1S/C18H16Cl2N2O3/c1-11(12-6-3-2-4-7-12)21-10-15(23)22(18(24)25)17(21)16-13(19)8-5-9-14(16)20/h2-9,11,17H,10H2,1H3,(H,24,25)/t11-,17?/m1/s1. The molecule has 7 heteroatoms. The summed E-state index contributed by atoms with van der Waals surface area (Å²) in [6.07, 6.45) is -2.20. The van der Waals surface area contributed by atoms with E-state index in [4.69, 9.17) is 23.2 Å². The van der Waals surface area contributed by atoms with Gasteiger partial charge >= 0.3 is 6.09 Å². The van der Waals surface area contributed by atoms with Crippen molar-refractivity contribution in [2.45, 2.75) is 19.1 Å². The maximum absolute atomic E-state index is 12.4. The third-order valence-electron chi connectivity index (χ3n) is 4.39. The van der Waals surface area contributed by atoms with Crippen molar-refractivity contribution in [2.24, 2.45) is 0 Å². The summed E-state index contributed by atoms with van der Waals surface area (Å²) < 4.78 is 0. The smallest absolute Gasteiger partial charge is 0.415 e. The number of imide groups is 1. The summed E-state index contributed by atoms with van der Waals surface area (Å²) in [7, 11) is 0. The molecule has 3 rings (SSSR count). The minimum absolute atomic E-state index is 0.0332. The normalized spacial score (nSPS) is 19.2. The molecule has 0 aromatic heterocycles. The SMILES string of the molecule is C[C@H](c1ccccc1)N1CC(=O)N(C(=O)O)C1c1c(Cl)cccc1Cl. The second-order valence-corrected chi connectivity index (χ2v) is 6.63. The molecule has 1 saturated heterocycles. The lowest BCUT2D eigenvalue weighted by molar-refractivity contribution is -0.125. The van der Waals surface area contributed by atoms with Crippen molar-refractivity contribution >= 4 is 35.2 Å². The number of hydrogen-bond acceptors (Lipinski definition) is 3. The Bertz CT molecular complexity index is 793. The van der Waals surface area contributed by atoms with Crippen LogP contribution >= 0.6 is 23.2 Å². The molecular formula is C18H16Cl2N2O3. The first-order valence-electron chi connectivity index (χ1n) is 7.71. The van der Waals surface area contributed by atoms with E-state index >= 15 is 0 Å². The molecule has 2 aromatic carbocycles. The molecule has 1 fully saturated rings. The monoisotopic (exact) mass is 378 g/mol. The van der Waals surface area contributed by atoms with Crippen LogP contribution in [0.2, 0.25) is 10.0 Å². The van der Waals surface area contributed by atoms with E-state index < -0.39 is 18.2 Å². The van der Waals surface area contributed by atoms with E-state index in [1.165, 1.54) is 0 Å². The number of rotatable bonds is 3. The van der Waals surface area contributed by atoms with Gasteiger partial charge < -0.3 is 5.11 Å². The molecule has 130 valence electrons. The molecule has 2 aromatic rings. The molecule has 1 aliphatic rings. The number of carbonyl (C=O) groups excluding carboxylic acids is 1. The average Bonchev–Trinajstić information content (AvgIpc) is 2.92. The zero-order chi connectivity index (χ0) is 18.1. The van der Waals surface area contributed by atoms with Gasteiger partial charge in [-0.05, 0) is 24.6 Å². The van der Waals surface area contributed by atoms with Crippen LogP contribution in [0, 0.1) is 0 Å². The second-order valence-electron chi connectivity index (χ2n) is 5.81. The van der Waals surface area contributed by atoms with Gasteiger partial charge in [0.1, 0.15) is 6.17 Å². The van der Waals surface area contributed by atoms with Crippen molar-refractivity contribution in [3.8, 4) is 0 Å². The summed E-state index contributed by atoms with van der Waals surface area (Å²) >= 11 is 12.6. The number of halogens is 2. The highest BCUT2D eigenvalue weighted by Gasteiger charge is 2.46. The Morgan fingerprint density at radius 1 is 1.12 bits per heavy atom. The quantitative estimate of drug-likeness (QED) is 0.849. The van der Waals surface area contributed by atoms with Gasteiger partial charge in [0.25, 0.3) is 0 Å². The maximum Gasteiger partial charge on any atom is 0.415 e. The molecule has 0 saturated carbocycles. The highest BCUT2D eigenvalue weighted by atomic mass is 35.5. The Balaban J connectivity index is 2.11. The molecule has 1 heterocycles. The predicted octanol–water partition coefficient (Wildman–Crippen LogP) is 4.58. The highest BCUT2D eigenvalue weighted by Crippen LogP contribution is 2.42. The fraction of sp³-hybridized carbons (Fsp3) is 0.222. The summed E-state index contributed by atoms with van der Waals surface area (Å²) in [4.78, 5) is 26.7. The fourth-order valence-corrected chi connectivity index (χ4v) is 3.73. The lowest BCUT2D eigenvalue weighted by Crippen LogP contribution is -2.37. The number of hydrogen-bond donors (Lipinski definition) is 1. The summed E-state index contributed by atoms with van der Waals surface area (Å²) in [6, 6.07) is 14.3.